The molecule has 1 aromatic heterocycles. The fourth-order valence-electron chi connectivity index (χ4n) is 1.86. The minimum absolute atomic E-state index is 0. The fourth-order valence-corrected chi connectivity index (χ4v) is 1.96. The van der Waals surface area contributed by atoms with Crippen LogP contribution in [0.1, 0.15) is 19.3 Å². The van der Waals surface area contributed by atoms with Crippen molar-refractivity contribution < 1.29 is 4.74 Å². The molecule has 6 heteroatoms. The number of piperidine rings is 1. The van der Waals surface area contributed by atoms with Gasteiger partial charge in [0.05, 0.1) is 24.0 Å². The summed E-state index contributed by atoms with van der Waals surface area (Å²) < 4.78 is 5.46. The SMILES string of the molecule is Cl.Clc1cnc(OCCC2CCCNC2)nc1. The molecule has 0 radical (unpaired) electrons. The van der Waals surface area contributed by atoms with Crippen molar-refractivity contribution in [1.29, 1.82) is 0 Å². The van der Waals surface area contributed by atoms with Gasteiger partial charge in [-0.15, -0.1) is 12.4 Å². The van der Waals surface area contributed by atoms with Gasteiger partial charge in [0.1, 0.15) is 0 Å². The second-order valence-electron chi connectivity index (χ2n) is 4.03. The van der Waals surface area contributed by atoms with Crippen LogP contribution in [-0.2, 0) is 0 Å². The van der Waals surface area contributed by atoms with Crippen molar-refractivity contribution in [2.45, 2.75) is 19.3 Å². The van der Waals surface area contributed by atoms with Gasteiger partial charge in [0, 0.05) is 0 Å². The molecule has 17 heavy (non-hydrogen) atoms. The van der Waals surface area contributed by atoms with Crippen LogP contribution in [0.5, 0.6) is 6.01 Å². The molecule has 1 aliphatic rings. The Kier molecular flexibility index (Phi) is 6.55. The number of nitrogens with zero attached hydrogens (tertiary/aromatic N) is 2. The van der Waals surface area contributed by atoms with E-state index in [9.17, 15) is 0 Å². The van der Waals surface area contributed by atoms with Crippen molar-refractivity contribution in [3.8, 4) is 6.01 Å². The summed E-state index contributed by atoms with van der Waals surface area (Å²) in [6, 6.07) is 0.410. The first kappa shape index (κ1) is 14.5. The predicted molar refractivity (Wildman–Crippen MR) is 70.0 cm³/mol. The molecule has 0 bridgehead atoms. The van der Waals surface area contributed by atoms with E-state index in [-0.39, 0.29) is 12.4 Å². The third kappa shape index (κ3) is 5.06. The van der Waals surface area contributed by atoms with Crippen LogP contribution >= 0.6 is 24.0 Å². The van der Waals surface area contributed by atoms with E-state index in [2.05, 4.69) is 15.3 Å². The highest BCUT2D eigenvalue weighted by Gasteiger charge is 2.12. The lowest BCUT2D eigenvalue weighted by Gasteiger charge is -2.22. The first-order valence-corrected chi connectivity index (χ1v) is 6.03. The van der Waals surface area contributed by atoms with Gasteiger partial charge in [-0.25, -0.2) is 9.97 Å². The Hall–Kier alpha value is -0.580. The average molecular weight is 278 g/mol. The molecule has 0 amide bonds. The van der Waals surface area contributed by atoms with E-state index in [4.69, 9.17) is 16.3 Å². The zero-order valence-electron chi connectivity index (χ0n) is 9.56. The lowest BCUT2D eigenvalue weighted by molar-refractivity contribution is 0.240. The van der Waals surface area contributed by atoms with E-state index in [0.717, 1.165) is 25.4 Å². The van der Waals surface area contributed by atoms with Gasteiger partial charge in [-0.2, -0.15) is 0 Å². The number of halogens is 2. The Morgan fingerprint density at radius 1 is 1.41 bits per heavy atom. The van der Waals surface area contributed by atoms with Gasteiger partial charge in [-0.3, -0.25) is 0 Å². The van der Waals surface area contributed by atoms with Crippen LogP contribution < -0.4 is 10.1 Å². The van der Waals surface area contributed by atoms with E-state index in [1.54, 1.807) is 12.4 Å². The van der Waals surface area contributed by atoms with Gasteiger partial charge in [-0.05, 0) is 38.3 Å². The highest BCUT2D eigenvalue weighted by Crippen LogP contribution is 2.14. The number of hydrogen-bond donors (Lipinski definition) is 1. The Balaban J connectivity index is 0.00000144. The summed E-state index contributed by atoms with van der Waals surface area (Å²) in [5, 5.41) is 3.92. The average Bonchev–Trinajstić information content (AvgIpc) is 2.33. The molecule has 0 aliphatic carbocycles. The van der Waals surface area contributed by atoms with Gasteiger partial charge in [0.25, 0.3) is 0 Å². The first-order valence-electron chi connectivity index (χ1n) is 5.65. The third-order valence-electron chi connectivity index (χ3n) is 2.75. The normalized spacial score (nSPS) is 19.5. The molecule has 1 atom stereocenters. The zero-order chi connectivity index (χ0) is 11.2. The minimum atomic E-state index is 0. The number of rotatable bonds is 4. The van der Waals surface area contributed by atoms with Crippen LogP contribution in [0.15, 0.2) is 12.4 Å². The van der Waals surface area contributed by atoms with Crippen molar-refractivity contribution in [1.82, 2.24) is 15.3 Å². The second-order valence-corrected chi connectivity index (χ2v) is 4.47. The molecule has 1 fully saturated rings. The van der Waals surface area contributed by atoms with Crippen LogP contribution in [-0.4, -0.2) is 29.7 Å². The van der Waals surface area contributed by atoms with Gasteiger partial charge in [0.15, 0.2) is 0 Å². The van der Waals surface area contributed by atoms with Crippen LogP contribution in [0.2, 0.25) is 5.02 Å². The molecule has 2 heterocycles. The summed E-state index contributed by atoms with van der Waals surface area (Å²) in [5.41, 5.74) is 0. The maximum absolute atomic E-state index is 5.68. The molecule has 0 saturated carbocycles. The van der Waals surface area contributed by atoms with E-state index in [0.29, 0.717) is 17.6 Å². The third-order valence-corrected chi connectivity index (χ3v) is 2.95. The van der Waals surface area contributed by atoms with Gasteiger partial charge in [0.2, 0.25) is 0 Å². The summed E-state index contributed by atoms with van der Waals surface area (Å²) in [5.74, 6) is 0.723. The summed E-state index contributed by atoms with van der Waals surface area (Å²) in [6.45, 7) is 2.93. The summed E-state index contributed by atoms with van der Waals surface area (Å²) in [4.78, 5) is 7.96. The lowest BCUT2D eigenvalue weighted by atomic mass is 9.97. The van der Waals surface area contributed by atoms with Crippen LogP contribution in [0.4, 0.5) is 0 Å². The van der Waals surface area contributed by atoms with Crippen molar-refractivity contribution in [3.05, 3.63) is 17.4 Å². The van der Waals surface area contributed by atoms with Crippen LogP contribution in [0.25, 0.3) is 0 Å². The Morgan fingerprint density at radius 2 is 2.18 bits per heavy atom. The van der Waals surface area contributed by atoms with Crippen molar-refractivity contribution >= 4 is 24.0 Å². The Bertz CT molecular complexity index is 315. The molecule has 0 spiro atoms. The summed E-state index contributed by atoms with van der Waals surface area (Å²) >= 11 is 5.68. The van der Waals surface area contributed by atoms with Gasteiger partial charge in [-0.1, -0.05) is 11.6 Å². The first-order chi connectivity index (χ1) is 7.84. The quantitative estimate of drug-likeness (QED) is 0.918. The molecule has 1 unspecified atom stereocenters. The lowest BCUT2D eigenvalue weighted by Crippen LogP contribution is -2.30. The van der Waals surface area contributed by atoms with Crippen molar-refractivity contribution in [2.24, 2.45) is 5.92 Å². The van der Waals surface area contributed by atoms with Crippen LogP contribution in [0, 0.1) is 5.92 Å². The number of hydrogen-bond acceptors (Lipinski definition) is 4. The van der Waals surface area contributed by atoms with Crippen molar-refractivity contribution in [2.75, 3.05) is 19.7 Å². The number of nitrogens with one attached hydrogen (secondary N) is 1. The second kappa shape index (κ2) is 7.69. The van der Waals surface area contributed by atoms with E-state index in [1.807, 2.05) is 0 Å². The smallest absolute Gasteiger partial charge is 0.316 e. The van der Waals surface area contributed by atoms with E-state index < -0.39 is 0 Å². The van der Waals surface area contributed by atoms with E-state index >= 15 is 0 Å². The minimum Gasteiger partial charge on any atom is -0.463 e. The molecule has 1 aliphatic heterocycles. The highest BCUT2D eigenvalue weighted by atomic mass is 35.5. The molecule has 96 valence electrons. The Labute approximate surface area is 113 Å². The number of ether oxygens (including phenoxy) is 1. The standard InChI is InChI=1S/C11H16ClN3O.ClH/c12-10-7-14-11(15-8-10)16-5-3-9-2-1-4-13-6-9;/h7-9,13H,1-6H2;1H. The molecular formula is C11H17Cl2N3O. The maximum atomic E-state index is 5.68. The monoisotopic (exact) mass is 277 g/mol. The molecule has 1 N–H and O–H groups in total. The summed E-state index contributed by atoms with van der Waals surface area (Å²) in [6.07, 6.45) is 6.71. The zero-order valence-corrected chi connectivity index (χ0v) is 11.1. The van der Waals surface area contributed by atoms with Gasteiger partial charge >= 0.3 is 6.01 Å². The largest absolute Gasteiger partial charge is 0.463 e. The predicted octanol–water partition coefficient (Wildman–Crippen LogP) is 2.32. The van der Waals surface area contributed by atoms with Crippen molar-refractivity contribution in [3.63, 3.8) is 0 Å². The molecule has 0 aromatic carbocycles. The van der Waals surface area contributed by atoms with Gasteiger partial charge < -0.3 is 10.1 Å². The molecule has 4 nitrogen and oxygen atoms in total. The summed E-state index contributed by atoms with van der Waals surface area (Å²) in [7, 11) is 0. The van der Waals surface area contributed by atoms with Crippen LogP contribution in [0.3, 0.4) is 0 Å². The molecule has 2 rings (SSSR count). The number of aromatic nitrogens is 2. The topological polar surface area (TPSA) is 47.0 Å². The molecule has 1 aromatic rings. The maximum Gasteiger partial charge on any atom is 0.316 e. The van der Waals surface area contributed by atoms with E-state index in [1.165, 1.54) is 12.8 Å². The fraction of sp³-hybridized carbons (Fsp3) is 0.636. The highest BCUT2D eigenvalue weighted by molar-refractivity contribution is 6.30. The molecular weight excluding hydrogens is 261 g/mol. The molecule has 1 saturated heterocycles. The Morgan fingerprint density at radius 3 is 2.82 bits per heavy atom.